The van der Waals surface area contributed by atoms with Crippen LogP contribution in [0.3, 0.4) is 0 Å². The Kier molecular flexibility index (Phi) is 6.41. The van der Waals surface area contributed by atoms with E-state index < -0.39 is 11.7 Å². The fourth-order valence-electron chi connectivity index (χ4n) is 2.63. The summed E-state index contributed by atoms with van der Waals surface area (Å²) in [5.41, 5.74) is -0.600. The first kappa shape index (κ1) is 17.7. The highest BCUT2D eigenvalue weighted by molar-refractivity contribution is 5.75. The highest BCUT2D eigenvalue weighted by Gasteiger charge is 2.32. The number of carbonyl (C=O) groups is 1. The molecule has 4 nitrogen and oxygen atoms in total. The lowest BCUT2D eigenvalue weighted by Crippen LogP contribution is -2.43. The smallest absolute Gasteiger partial charge is 0.352 e. The Balaban J connectivity index is 1.74. The summed E-state index contributed by atoms with van der Waals surface area (Å²) in [6.07, 6.45) is -3.35. The van der Waals surface area contributed by atoms with E-state index in [0.717, 1.165) is 38.8 Å². The molecule has 128 valence electrons. The van der Waals surface area contributed by atoms with Crippen molar-refractivity contribution in [1.29, 1.82) is 0 Å². The highest BCUT2D eigenvalue weighted by Crippen LogP contribution is 2.31. The summed E-state index contributed by atoms with van der Waals surface area (Å²) in [6, 6.07) is 5.32. The SMILES string of the molecule is O=C(CCCN1CCNCC1)NCc1ccccc1C(F)(F)F. The van der Waals surface area contributed by atoms with Crippen LogP contribution in [0.25, 0.3) is 0 Å². The van der Waals surface area contributed by atoms with E-state index in [9.17, 15) is 18.0 Å². The number of carbonyl (C=O) groups excluding carboxylic acids is 1. The molecule has 1 fully saturated rings. The molecule has 0 unspecified atom stereocenters. The molecule has 0 aliphatic carbocycles. The fourth-order valence-corrected chi connectivity index (χ4v) is 2.63. The van der Waals surface area contributed by atoms with Gasteiger partial charge in [0.1, 0.15) is 0 Å². The summed E-state index contributed by atoms with van der Waals surface area (Å²) in [7, 11) is 0. The van der Waals surface area contributed by atoms with Gasteiger partial charge in [-0.1, -0.05) is 18.2 Å². The van der Waals surface area contributed by atoms with E-state index in [2.05, 4.69) is 15.5 Å². The second-order valence-corrected chi connectivity index (χ2v) is 5.63. The van der Waals surface area contributed by atoms with Crippen LogP contribution in [0.4, 0.5) is 13.2 Å². The van der Waals surface area contributed by atoms with Gasteiger partial charge in [-0.05, 0) is 24.6 Å². The minimum Gasteiger partial charge on any atom is -0.352 e. The van der Waals surface area contributed by atoms with Crippen molar-refractivity contribution < 1.29 is 18.0 Å². The zero-order valence-corrected chi connectivity index (χ0v) is 13.0. The number of hydrogen-bond donors (Lipinski definition) is 2. The van der Waals surface area contributed by atoms with Gasteiger partial charge in [-0.15, -0.1) is 0 Å². The molecule has 1 aliphatic heterocycles. The molecule has 0 spiro atoms. The topological polar surface area (TPSA) is 44.4 Å². The lowest BCUT2D eigenvalue weighted by atomic mass is 10.1. The average molecular weight is 329 g/mol. The van der Waals surface area contributed by atoms with Crippen LogP contribution in [0, 0.1) is 0 Å². The predicted octanol–water partition coefficient (Wildman–Crippen LogP) is 2.01. The quantitative estimate of drug-likeness (QED) is 0.839. The molecule has 0 radical (unpaired) electrons. The maximum Gasteiger partial charge on any atom is 0.416 e. The largest absolute Gasteiger partial charge is 0.416 e. The van der Waals surface area contributed by atoms with Crippen molar-refractivity contribution in [3.8, 4) is 0 Å². The van der Waals surface area contributed by atoms with Gasteiger partial charge >= 0.3 is 6.18 Å². The van der Waals surface area contributed by atoms with Crippen LogP contribution < -0.4 is 10.6 Å². The first-order chi connectivity index (χ1) is 11.0. The lowest BCUT2D eigenvalue weighted by Gasteiger charge is -2.26. The average Bonchev–Trinajstić information content (AvgIpc) is 2.53. The van der Waals surface area contributed by atoms with Crippen molar-refractivity contribution >= 4 is 5.91 Å². The monoisotopic (exact) mass is 329 g/mol. The minimum atomic E-state index is -4.40. The molecule has 23 heavy (non-hydrogen) atoms. The Morgan fingerprint density at radius 3 is 2.61 bits per heavy atom. The summed E-state index contributed by atoms with van der Waals surface area (Å²) in [6.45, 7) is 4.61. The predicted molar refractivity (Wildman–Crippen MR) is 81.8 cm³/mol. The summed E-state index contributed by atoms with van der Waals surface area (Å²) in [5.74, 6) is -0.211. The molecule has 2 rings (SSSR count). The van der Waals surface area contributed by atoms with E-state index in [1.165, 1.54) is 12.1 Å². The molecule has 1 saturated heterocycles. The van der Waals surface area contributed by atoms with E-state index in [1.807, 2.05) is 0 Å². The van der Waals surface area contributed by atoms with Crippen LogP contribution in [-0.4, -0.2) is 43.5 Å². The van der Waals surface area contributed by atoms with Crippen LogP contribution in [-0.2, 0) is 17.5 Å². The first-order valence-electron chi connectivity index (χ1n) is 7.81. The maximum absolute atomic E-state index is 12.9. The number of piperazine rings is 1. The number of halogens is 3. The Morgan fingerprint density at radius 1 is 1.22 bits per heavy atom. The molecule has 1 amide bonds. The Labute approximate surface area is 134 Å². The third kappa shape index (κ3) is 5.84. The number of rotatable bonds is 6. The van der Waals surface area contributed by atoms with Crippen LogP contribution >= 0.6 is 0 Å². The van der Waals surface area contributed by atoms with Gasteiger partial charge in [0.2, 0.25) is 5.91 Å². The molecule has 7 heteroatoms. The third-order valence-corrected chi connectivity index (χ3v) is 3.89. The van der Waals surface area contributed by atoms with Gasteiger partial charge in [0.15, 0.2) is 0 Å². The molecular weight excluding hydrogens is 307 g/mol. The van der Waals surface area contributed by atoms with Crippen molar-refractivity contribution in [1.82, 2.24) is 15.5 Å². The summed E-state index contributed by atoms with van der Waals surface area (Å²) in [5, 5.41) is 5.84. The van der Waals surface area contributed by atoms with Crippen LogP contribution in [0.15, 0.2) is 24.3 Å². The second kappa shape index (κ2) is 8.31. The van der Waals surface area contributed by atoms with Crippen molar-refractivity contribution in [2.24, 2.45) is 0 Å². The lowest BCUT2D eigenvalue weighted by molar-refractivity contribution is -0.138. The molecule has 1 aromatic rings. The van der Waals surface area contributed by atoms with Crippen LogP contribution in [0.1, 0.15) is 24.0 Å². The van der Waals surface area contributed by atoms with Gasteiger partial charge in [-0.2, -0.15) is 13.2 Å². The van der Waals surface area contributed by atoms with Crippen molar-refractivity contribution in [3.05, 3.63) is 35.4 Å². The van der Waals surface area contributed by atoms with E-state index in [0.29, 0.717) is 12.8 Å². The van der Waals surface area contributed by atoms with Gasteiger partial charge in [0, 0.05) is 39.1 Å². The number of alkyl halides is 3. The Morgan fingerprint density at radius 2 is 1.91 bits per heavy atom. The normalized spacial score (nSPS) is 16.3. The molecule has 0 bridgehead atoms. The Hall–Kier alpha value is -1.60. The number of nitrogens with one attached hydrogen (secondary N) is 2. The van der Waals surface area contributed by atoms with E-state index in [-0.39, 0.29) is 18.0 Å². The summed E-state index contributed by atoms with van der Waals surface area (Å²) in [4.78, 5) is 14.1. The minimum absolute atomic E-state index is 0.0930. The molecule has 0 atom stereocenters. The maximum atomic E-state index is 12.9. The van der Waals surface area contributed by atoms with Gasteiger partial charge in [-0.3, -0.25) is 4.79 Å². The van der Waals surface area contributed by atoms with Gasteiger partial charge in [0.25, 0.3) is 0 Å². The van der Waals surface area contributed by atoms with Crippen molar-refractivity contribution in [3.63, 3.8) is 0 Å². The zero-order valence-electron chi connectivity index (χ0n) is 13.0. The highest BCUT2D eigenvalue weighted by atomic mass is 19.4. The van der Waals surface area contributed by atoms with Crippen LogP contribution in [0.2, 0.25) is 0 Å². The molecule has 2 N–H and O–H groups in total. The molecule has 1 aromatic carbocycles. The molecule has 1 aliphatic rings. The summed E-state index contributed by atoms with van der Waals surface area (Å²) >= 11 is 0. The number of amides is 1. The van der Waals surface area contributed by atoms with E-state index >= 15 is 0 Å². The number of benzene rings is 1. The number of nitrogens with zero attached hydrogens (tertiary/aromatic N) is 1. The van der Waals surface area contributed by atoms with Gasteiger partial charge in [0.05, 0.1) is 5.56 Å². The third-order valence-electron chi connectivity index (χ3n) is 3.89. The van der Waals surface area contributed by atoms with E-state index in [4.69, 9.17) is 0 Å². The molecule has 0 saturated carbocycles. The van der Waals surface area contributed by atoms with Gasteiger partial charge in [-0.25, -0.2) is 0 Å². The Bertz CT molecular complexity index is 514. The first-order valence-corrected chi connectivity index (χ1v) is 7.81. The van der Waals surface area contributed by atoms with Gasteiger partial charge < -0.3 is 15.5 Å². The number of hydrogen-bond acceptors (Lipinski definition) is 3. The van der Waals surface area contributed by atoms with Crippen molar-refractivity contribution in [2.45, 2.75) is 25.6 Å². The zero-order chi connectivity index (χ0) is 16.7. The molecule has 1 heterocycles. The van der Waals surface area contributed by atoms with Crippen LogP contribution in [0.5, 0.6) is 0 Å². The second-order valence-electron chi connectivity index (χ2n) is 5.63. The summed E-state index contributed by atoms with van der Waals surface area (Å²) < 4.78 is 38.6. The standard InChI is InChI=1S/C16H22F3N3O/c17-16(18,19)14-5-2-1-4-13(14)12-21-15(23)6-3-9-22-10-7-20-8-11-22/h1-2,4-5,20H,3,6-12H2,(H,21,23). The molecule has 0 aromatic heterocycles. The molecular formula is C16H22F3N3O. The fraction of sp³-hybridized carbons (Fsp3) is 0.562. The van der Waals surface area contributed by atoms with E-state index in [1.54, 1.807) is 6.07 Å². The van der Waals surface area contributed by atoms with Crippen molar-refractivity contribution in [2.75, 3.05) is 32.7 Å².